The van der Waals surface area contributed by atoms with Gasteiger partial charge in [-0.2, -0.15) is 5.10 Å². The monoisotopic (exact) mass is 471 g/mol. The second-order valence-corrected chi connectivity index (χ2v) is 5.94. The average Bonchev–Trinajstić information content (AvgIpc) is 2.95. The molecule has 1 heterocycles. The summed E-state index contributed by atoms with van der Waals surface area (Å²) in [6.07, 6.45) is 0.948. The molecule has 0 aliphatic carbocycles. The van der Waals surface area contributed by atoms with E-state index in [9.17, 15) is 0 Å². The van der Waals surface area contributed by atoms with E-state index in [2.05, 4.69) is 47.8 Å². The molecule has 1 aromatic carbocycles. The molecule has 2 N–H and O–H groups in total. The third-order valence-corrected chi connectivity index (χ3v) is 3.80. The number of aliphatic imine (C=N–C) groups is 1. The van der Waals surface area contributed by atoms with Crippen molar-refractivity contribution in [3.05, 3.63) is 47.3 Å². The molecule has 0 aliphatic rings. The van der Waals surface area contributed by atoms with Crippen LogP contribution in [0.3, 0.4) is 0 Å². The van der Waals surface area contributed by atoms with E-state index in [1.807, 2.05) is 23.7 Å². The Labute approximate surface area is 173 Å². The third kappa shape index (κ3) is 6.60. The molecular weight excluding hydrogens is 441 g/mol. The van der Waals surface area contributed by atoms with Crippen LogP contribution in [0.4, 0.5) is 0 Å². The van der Waals surface area contributed by atoms with Crippen molar-refractivity contribution in [3.8, 4) is 5.69 Å². The topological polar surface area (TPSA) is 63.5 Å². The first kappa shape index (κ1) is 22.4. The molecule has 26 heavy (non-hydrogen) atoms. The number of para-hydroxylation sites is 1. The summed E-state index contributed by atoms with van der Waals surface area (Å²) in [6.45, 7) is 9.14. The number of methoxy groups -OCH3 is 1. The molecule has 0 aliphatic heterocycles. The van der Waals surface area contributed by atoms with E-state index in [0.717, 1.165) is 54.7 Å². The van der Waals surface area contributed by atoms with Gasteiger partial charge in [0.25, 0.3) is 0 Å². The predicted molar refractivity (Wildman–Crippen MR) is 118 cm³/mol. The van der Waals surface area contributed by atoms with Crippen molar-refractivity contribution in [3.63, 3.8) is 0 Å². The summed E-state index contributed by atoms with van der Waals surface area (Å²) in [5, 5.41) is 11.2. The quantitative estimate of drug-likeness (QED) is 0.269. The minimum Gasteiger partial charge on any atom is -0.385 e. The Morgan fingerprint density at radius 1 is 1.23 bits per heavy atom. The fraction of sp³-hybridized carbons (Fsp3) is 0.474. The first-order valence-electron chi connectivity index (χ1n) is 8.78. The summed E-state index contributed by atoms with van der Waals surface area (Å²) in [4.78, 5) is 4.72. The van der Waals surface area contributed by atoms with Gasteiger partial charge in [-0.05, 0) is 44.9 Å². The first-order chi connectivity index (χ1) is 12.2. The van der Waals surface area contributed by atoms with E-state index in [-0.39, 0.29) is 24.0 Å². The van der Waals surface area contributed by atoms with Crippen molar-refractivity contribution >= 4 is 29.9 Å². The lowest BCUT2D eigenvalue weighted by atomic mass is 10.2. The summed E-state index contributed by atoms with van der Waals surface area (Å²) < 4.78 is 7.07. The lowest BCUT2D eigenvalue weighted by Crippen LogP contribution is -2.38. The number of benzene rings is 1. The van der Waals surface area contributed by atoms with Gasteiger partial charge in [0, 0.05) is 32.5 Å². The largest absolute Gasteiger partial charge is 0.385 e. The maximum Gasteiger partial charge on any atom is 0.191 e. The van der Waals surface area contributed by atoms with Gasteiger partial charge in [0.1, 0.15) is 0 Å². The zero-order valence-corrected chi connectivity index (χ0v) is 18.4. The number of hydrogen-bond donors (Lipinski definition) is 2. The molecule has 2 aromatic rings. The molecule has 0 atom stereocenters. The van der Waals surface area contributed by atoms with Crippen molar-refractivity contribution in [1.29, 1.82) is 0 Å². The van der Waals surface area contributed by atoms with Gasteiger partial charge in [-0.1, -0.05) is 18.2 Å². The molecule has 1 aromatic heterocycles. The second-order valence-electron chi connectivity index (χ2n) is 5.94. The Kier molecular flexibility index (Phi) is 10.3. The molecule has 0 radical (unpaired) electrons. The highest BCUT2D eigenvalue weighted by molar-refractivity contribution is 14.0. The highest BCUT2D eigenvalue weighted by atomic mass is 127. The van der Waals surface area contributed by atoms with Crippen LogP contribution in [0.25, 0.3) is 5.69 Å². The van der Waals surface area contributed by atoms with Crippen LogP contribution >= 0.6 is 24.0 Å². The summed E-state index contributed by atoms with van der Waals surface area (Å²) in [6, 6.07) is 10.3. The van der Waals surface area contributed by atoms with Crippen LogP contribution < -0.4 is 10.6 Å². The van der Waals surface area contributed by atoms with Crippen molar-refractivity contribution in [2.45, 2.75) is 33.7 Å². The number of hydrogen-bond acceptors (Lipinski definition) is 3. The Morgan fingerprint density at radius 2 is 2.00 bits per heavy atom. The predicted octanol–water partition coefficient (Wildman–Crippen LogP) is 3.20. The van der Waals surface area contributed by atoms with Gasteiger partial charge in [0.15, 0.2) is 5.96 Å². The highest BCUT2D eigenvalue weighted by Crippen LogP contribution is 2.17. The average molecular weight is 471 g/mol. The van der Waals surface area contributed by atoms with Gasteiger partial charge in [-0.15, -0.1) is 24.0 Å². The van der Waals surface area contributed by atoms with Crippen LogP contribution in [-0.2, 0) is 11.3 Å². The van der Waals surface area contributed by atoms with Gasteiger partial charge in [0.05, 0.1) is 17.9 Å². The van der Waals surface area contributed by atoms with E-state index in [1.165, 1.54) is 0 Å². The number of nitrogens with one attached hydrogen (secondary N) is 2. The summed E-state index contributed by atoms with van der Waals surface area (Å²) in [5.74, 6) is 0.821. The van der Waals surface area contributed by atoms with E-state index < -0.39 is 0 Å². The van der Waals surface area contributed by atoms with Crippen molar-refractivity contribution < 1.29 is 4.74 Å². The lowest BCUT2D eigenvalue weighted by Gasteiger charge is -2.13. The normalized spacial score (nSPS) is 11.2. The standard InChI is InChI=1S/C19H29N5O.HI/c1-5-20-19(21-11-8-12-25-4)22-14-17-9-6-7-10-18(17)24-16(3)13-15(2)23-24;/h6-7,9-10,13H,5,8,11-12,14H2,1-4H3,(H2,20,21,22);1H. The van der Waals surface area contributed by atoms with Gasteiger partial charge in [-0.25, -0.2) is 9.67 Å². The van der Waals surface area contributed by atoms with Gasteiger partial charge < -0.3 is 15.4 Å². The fourth-order valence-electron chi connectivity index (χ4n) is 2.65. The third-order valence-electron chi connectivity index (χ3n) is 3.80. The molecule has 0 spiro atoms. The van der Waals surface area contributed by atoms with Crippen molar-refractivity contribution in [2.24, 2.45) is 4.99 Å². The fourth-order valence-corrected chi connectivity index (χ4v) is 2.65. The molecule has 0 saturated carbocycles. The number of nitrogens with zero attached hydrogens (tertiary/aromatic N) is 3. The van der Waals surface area contributed by atoms with Crippen LogP contribution in [0, 0.1) is 13.8 Å². The van der Waals surface area contributed by atoms with E-state index in [1.54, 1.807) is 7.11 Å². The number of guanidine groups is 1. The van der Waals surface area contributed by atoms with Crippen molar-refractivity contribution in [2.75, 3.05) is 26.8 Å². The molecule has 144 valence electrons. The Hall–Kier alpha value is -1.61. The van der Waals surface area contributed by atoms with Crippen molar-refractivity contribution in [1.82, 2.24) is 20.4 Å². The molecule has 0 saturated heterocycles. The molecule has 6 nitrogen and oxygen atoms in total. The van der Waals surface area contributed by atoms with Gasteiger partial charge >= 0.3 is 0 Å². The molecular formula is C19H30IN5O. The lowest BCUT2D eigenvalue weighted by molar-refractivity contribution is 0.195. The molecule has 0 fully saturated rings. The zero-order chi connectivity index (χ0) is 18.1. The zero-order valence-electron chi connectivity index (χ0n) is 16.1. The minimum absolute atomic E-state index is 0. The number of aryl methyl sites for hydroxylation is 2. The number of rotatable bonds is 8. The SMILES string of the molecule is CCNC(=NCc1ccccc1-n1nc(C)cc1C)NCCCOC.I. The summed E-state index contributed by atoms with van der Waals surface area (Å²) in [7, 11) is 1.72. The highest BCUT2D eigenvalue weighted by Gasteiger charge is 2.08. The summed E-state index contributed by atoms with van der Waals surface area (Å²) in [5.41, 5.74) is 4.36. The maximum atomic E-state index is 5.08. The van der Waals surface area contributed by atoms with Crippen LogP contribution in [0.1, 0.15) is 30.3 Å². The molecule has 2 rings (SSSR count). The Balaban J connectivity index is 0.00000338. The van der Waals surface area contributed by atoms with E-state index in [4.69, 9.17) is 9.73 Å². The first-order valence-corrected chi connectivity index (χ1v) is 8.78. The Morgan fingerprint density at radius 3 is 2.65 bits per heavy atom. The smallest absolute Gasteiger partial charge is 0.191 e. The number of ether oxygens (including phenoxy) is 1. The number of halogens is 1. The van der Waals surface area contributed by atoms with Crippen LogP contribution in [-0.4, -0.2) is 42.5 Å². The maximum absolute atomic E-state index is 5.08. The number of aromatic nitrogens is 2. The van der Waals surface area contributed by atoms with E-state index in [0.29, 0.717) is 6.54 Å². The second kappa shape index (κ2) is 11.9. The molecule has 7 heteroatoms. The van der Waals surface area contributed by atoms with Crippen LogP contribution in [0.5, 0.6) is 0 Å². The van der Waals surface area contributed by atoms with Crippen LogP contribution in [0.15, 0.2) is 35.3 Å². The summed E-state index contributed by atoms with van der Waals surface area (Å²) >= 11 is 0. The van der Waals surface area contributed by atoms with Crippen LogP contribution in [0.2, 0.25) is 0 Å². The molecule has 0 unspecified atom stereocenters. The minimum atomic E-state index is 0. The Bertz CT molecular complexity index is 699. The van der Waals surface area contributed by atoms with E-state index >= 15 is 0 Å². The molecule has 0 amide bonds. The van der Waals surface area contributed by atoms with Gasteiger partial charge in [0.2, 0.25) is 0 Å². The van der Waals surface area contributed by atoms with Gasteiger partial charge in [-0.3, -0.25) is 0 Å². The molecule has 0 bridgehead atoms.